The van der Waals surface area contributed by atoms with Gasteiger partial charge in [0.25, 0.3) is 5.95 Å². The van der Waals surface area contributed by atoms with E-state index in [4.69, 9.17) is 9.26 Å². The molecule has 0 aliphatic carbocycles. The lowest BCUT2D eigenvalue weighted by Crippen LogP contribution is -2.37. The van der Waals surface area contributed by atoms with Gasteiger partial charge in [0.1, 0.15) is 5.41 Å². The van der Waals surface area contributed by atoms with E-state index in [1.54, 1.807) is 6.92 Å². The number of esters is 1. The Morgan fingerprint density at radius 1 is 1.32 bits per heavy atom. The number of carbonyl (C=O) groups excluding carboxylic acids is 1. The molecule has 0 saturated heterocycles. The van der Waals surface area contributed by atoms with Gasteiger partial charge in [-0.25, -0.2) is 0 Å². The van der Waals surface area contributed by atoms with Crippen LogP contribution in [0, 0.1) is 0 Å². The second-order valence-corrected chi connectivity index (χ2v) is 4.42. The first kappa shape index (κ1) is 15.5. The number of nitrogens with zero attached hydrogens (tertiary/aromatic N) is 3. The highest BCUT2D eigenvalue weighted by Gasteiger charge is 2.44. The SMILES string of the molecule is CCOC(=O)C(CC)(CC)c1nc(N(C)CC)no1. The number of anilines is 1. The maximum atomic E-state index is 12.2. The topological polar surface area (TPSA) is 68.5 Å². The average Bonchev–Trinajstić information content (AvgIpc) is 2.90. The van der Waals surface area contributed by atoms with E-state index < -0.39 is 5.41 Å². The maximum absolute atomic E-state index is 12.2. The molecule has 0 atom stereocenters. The van der Waals surface area contributed by atoms with E-state index in [2.05, 4.69) is 10.1 Å². The number of rotatable bonds is 7. The van der Waals surface area contributed by atoms with Crippen molar-refractivity contribution >= 4 is 11.9 Å². The fourth-order valence-corrected chi connectivity index (χ4v) is 1.90. The predicted molar refractivity (Wildman–Crippen MR) is 72.1 cm³/mol. The molecule has 108 valence electrons. The summed E-state index contributed by atoms with van der Waals surface area (Å²) in [6.07, 6.45) is 1.14. The third-order valence-electron chi connectivity index (χ3n) is 3.51. The zero-order chi connectivity index (χ0) is 14.5. The molecule has 0 N–H and O–H groups in total. The number of aromatic nitrogens is 2. The highest BCUT2D eigenvalue weighted by atomic mass is 16.5. The summed E-state index contributed by atoms with van der Waals surface area (Å²) in [5.74, 6) is 0.536. The molecular formula is C13H23N3O3. The molecule has 0 bridgehead atoms. The first-order valence-electron chi connectivity index (χ1n) is 6.78. The summed E-state index contributed by atoms with van der Waals surface area (Å²) < 4.78 is 10.5. The Hall–Kier alpha value is -1.59. The third-order valence-corrected chi connectivity index (χ3v) is 3.51. The van der Waals surface area contributed by atoms with E-state index in [1.165, 1.54) is 0 Å². The molecule has 6 heteroatoms. The Morgan fingerprint density at radius 2 is 1.95 bits per heavy atom. The summed E-state index contributed by atoms with van der Waals surface area (Å²) >= 11 is 0. The lowest BCUT2D eigenvalue weighted by atomic mass is 9.82. The number of carbonyl (C=O) groups is 1. The standard InChI is InChI=1S/C13H23N3O3/c1-6-13(7-2,11(17)18-9-4)10-14-12(15-19-10)16(5)8-3/h6-9H2,1-5H3. The van der Waals surface area contributed by atoms with E-state index in [1.807, 2.05) is 32.7 Å². The van der Waals surface area contributed by atoms with Crippen LogP contribution in [0.3, 0.4) is 0 Å². The molecule has 0 radical (unpaired) electrons. The van der Waals surface area contributed by atoms with Crippen molar-refractivity contribution in [2.24, 2.45) is 0 Å². The van der Waals surface area contributed by atoms with E-state index in [0.29, 0.717) is 31.3 Å². The van der Waals surface area contributed by atoms with E-state index in [-0.39, 0.29) is 5.97 Å². The smallest absolute Gasteiger partial charge is 0.321 e. The van der Waals surface area contributed by atoms with Crippen molar-refractivity contribution in [1.29, 1.82) is 0 Å². The van der Waals surface area contributed by atoms with E-state index in [0.717, 1.165) is 6.54 Å². The van der Waals surface area contributed by atoms with Crippen molar-refractivity contribution in [3.8, 4) is 0 Å². The first-order valence-corrected chi connectivity index (χ1v) is 6.78. The Kier molecular flexibility index (Phi) is 5.32. The van der Waals surface area contributed by atoms with Gasteiger partial charge >= 0.3 is 5.97 Å². The predicted octanol–water partition coefficient (Wildman–Crippen LogP) is 2.15. The zero-order valence-electron chi connectivity index (χ0n) is 12.4. The van der Waals surface area contributed by atoms with Crippen LogP contribution in [-0.2, 0) is 14.9 Å². The van der Waals surface area contributed by atoms with Gasteiger partial charge in [-0.3, -0.25) is 4.79 Å². The molecule has 0 fully saturated rings. The summed E-state index contributed by atoms with van der Waals surface area (Å²) in [7, 11) is 1.87. The normalized spacial score (nSPS) is 11.4. The molecule has 0 spiro atoms. The van der Waals surface area contributed by atoms with Crippen LogP contribution in [0.25, 0.3) is 0 Å². The molecule has 1 aromatic rings. The van der Waals surface area contributed by atoms with Gasteiger partial charge in [-0.15, -0.1) is 0 Å². The van der Waals surface area contributed by atoms with Gasteiger partial charge < -0.3 is 14.2 Å². The van der Waals surface area contributed by atoms with Gasteiger partial charge in [-0.05, 0) is 31.8 Å². The molecular weight excluding hydrogens is 246 g/mol. The van der Waals surface area contributed by atoms with Gasteiger partial charge in [-0.2, -0.15) is 4.98 Å². The van der Waals surface area contributed by atoms with Crippen LogP contribution in [0.5, 0.6) is 0 Å². The molecule has 0 saturated carbocycles. The number of ether oxygens (including phenoxy) is 1. The molecule has 1 heterocycles. The van der Waals surface area contributed by atoms with Gasteiger partial charge in [0, 0.05) is 13.6 Å². The van der Waals surface area contributed by atoms with Crippen molar-refractivity contribution in [2.45, 2.75) is 46.0 Å². The van der Waals surface area contributed by atoms with Gasteiger partial charge in [-0.1, -0.05) is 13.8 Å². The minimum Gasteiger partial charge on any atom is -0.465 e. The van der Waals surface area contributed by atoms with Crippen LogP contribution in [0.1, 0.15) is 46.4 Å². The van der Waals surface area contributed by atoms with Gasteiger partial charge in [0.05, 0.1) is 6.61 Å². The van der Waals surface area contributed by atoms with Crippen LogP contribution in [0.15, 0.2) is 4.52 Å². The first-order chi connectivity index (χ1) is 9.05. The summed E-state index contributed by atoms with van der Waals surface area (Å²) in [4.78, 5) is 18.4. The summed E-state index contributed by atoms with van der Waals surface area (Å²) in [5.41, 5.74) is -0.837. The highest BCUT2D eigenvalue weighted by Crippen LogP contribution is 2.32. The lowest BCUT2D eigenvalue weighted by Gasteiger charge is -2.24. The maximum Gasteiger partial charge on any atom is 0.321 e. The summed E-state index contributed by atoms with van der Waals surface area (Å²) in [6, 6.07) is 0. The number of hydrogen-bond donors (Lipinski definition) is 0. The molecule has 1 aromatic heterocycles. The quantitative estimate of drug-likeness (QED) is 0.706. The fraction of sp³-hybridized carbons (Fsp3) is 0.769. The van der Waals surface area contributed by atoms with Crippen LogP contribution in [0.2, 0.25) is 0 Å². The van der Waals surface area contributed by atoms with Gasteiger partial charge in [0.2, 0.25) is 5.89 Å². The number of hydrogen-bond acceptors (Lipinski definition) is 6. The second kappa shape index (κ2) is 6.54. The Bertz CT molecular complexity index is 413. The highest BCUT2D eigenvalue weighted by molar-refractivity contribution is 5.81. The second-order valence-electron chi connectivity index (χ2n) is 4.42. The Balaban J connectivity index is 3.12. The van der Waals surface area contributed by atoms with Gasteiger partial charge in [0.15, 0.2) is 0 Å². The minimum absolute atomic E-state index is 0.297. The minimum atomic E-state index is -0.837. The monoisotopic (exact) mass is 269 g/mol. The largest absolute Gasteiger partial charge is 0.465 e. The fourth-order valence-electron chi connectivity index (χ4n) is 1.90. The molecule has 0 unspecified atom stereocenters. The van der Waals surface area contributed by atoms with Crippen molar-refractivity contribution in [3.63, 3.8) is 0 Å². The molecule has 19 heavy (non-hydrogen) atoms. The molecule has 0 aliphatic heterocycles. The van der Waals surface area contributed by atoms with Crippen LogP contribution in [-0.4, -0.2) is 36.3 Å². The third kappa shape index (κ3) is 2.88. The van der Waals surface area contributed by atoms with Crippen molar-refractivity contribution in [2.75, 3.05) is 25.1 Å². The van der Waals surface area contributed by atoms with Crippen molar-refractivity contribution < 1.29 is 14.1 Å². The summed E-state index contributed by atoms with van der Waals surface area (Å²) in [6.45, 7) is 8.74. The Labute approximate surface area is 114 Å². The summed E-state index contributed by atoms with van der Waals surface area (Å²) in [5, 5.41) is 3.92. The zero-order valence-corrected chi connectivity index (χ0v) is 12.4. The van der Waals surface area contributed by atoms with E-state index >= 15 is 0 Å². The molecule has 0 amide bonds. The molecule has 1 rings (SSSR count). The molecule has 6 nitrogen and oxygen atoms in total. The van der Waals surface area contributed by atoms with Crippen molar-refractivity contribution in [1.82, 2.24) is 10.1 Å². The Morgan fingerprint density at radius 3 is 2.42 bits per heavy atom. The molecule has 0 aliphatic rings. The van der Waals surface area contributed by atoms with Crippen molar-refractivity contribution in [3.05, 3.63) is 5.89 Å². The van der Waals surface area contributed by atoms with E-state index in [9.17, 15) is 4.79 Å². The average molecular weight is 269 g/mol. The van der Waals surface area contributed by atoms with Crippen LogP contribution < -0.4 is 4.90 Å². The molecule has 0 aromatic carbocycles. The van der Waals surface area contributed by atoms with Crippen LogP contribution >= 0.6 is 0 Å². The van der Waals surface area contributed by atoms with Crippen LogP contribution in [0.4, 0.5) is 5.95 Å². The lowest BCUT2D eigenvalue weighted by molar-refractivity contribution is -0.151.